The molecule has 4 nitrogen and oxygen atoms in total. The van der Waals surface area contributed by atoms with E-state index in [1.54, 1.807) is 6.07 Å². The standard InChI is InChI=1S/C17H17NO3/c1-10-4-3-5-12(8-10)16(19)15-11(2)9-14-13(17(20)21)6-7-18(14)15/h3-5,8-9,13H,6-7H2,1-2H3,(H,20,21). The number of aryl methyl sites for hydroxylation is 2. The van der Waals surface area contributed by atoms with Crippen LogP contribution in [0.25, 0.3) is 0 Å². The van der Waals surface area contributed by atoms with Gasteiger partial charge in [-0.2, -0.15) is 0 Å². The van der Waals surface area contributed by atoms with Gasteiger partial charge in [0, 0.05) is 17.8 Å². The average molecular weight is 283 g/mol. The number of hydrogen-bond acceptors (Lipinski definition) is 2. The molecule has 21 heavy (non-hydrogen) atoms. The van der Waals surface area contributed by atoms with Crippen LogP contribution in [0, 0.1) is 13.8 Å². The summed E-state index contributed by atoms with van der Waals surface area (Å²) >= 11 is 0. The van der Waals surface area contributed by atoms with Gasteiger partial charge in [0.25, 0.3) is 0 Å². The van der Waals surface area contributed by atoms with Crippen LogP contribution in [-0.2, 0) is 11.3 Å². The van der Waals surface area contributed by atoms with E-state index in [-0.39, 0.29) is 5.78 Å². The van der Waals surface area contributed by atoms with Crippen molar-refractivity contribution in [2.75, 3.05) is 0 Å². The number of hydrogen-bond donors (Lipinski definition) is 1. The van der Waals surface area contributed by atoms with Crippen LogP contribution in [0.1, 0.15) is 45.2 Å². The molecule has 1 unspecified atom stereocenters. The first-order chi connectivity index (χ1) is 9.99. The third kappa shape index (κ3) is 2.17. The molecule has 4 heteroatoms. The van der Waals surface area contributed by atoms with Crippen molar-refractivity contribution in [2.24, 2.45) is 0 Å². The molecule has 1 aromatic heterocycles. The number of aromatic nitrogens is 1. The van der Waals surface area contributed by atoms with Gasteiger partial charge >= 0.3 is 5.97 Å². The molecule has 0 radical (unpaired) electrons. The summed E-state index contributed by atoms with van der Waals surface area (Å²) in [5.74, 6) is -1.35. The second-order valence-electron chi connectivity index (χ2n) is 5.63. The molecule has 2 heterocycles. The molecular formula is C17H17NO3. The number of ketones is 1. The zero-order valence-electron chi connectivity index (χ0n) is 12.1. The van der Waals surface area contributed by atoms with Gasteiger partial charge in [-0.15, -0.1) is 0 Å². The highest BCUT2D eigenvalue weighted by atomic mass is 16.4. The van der Waals surface area contributed by atoms with E-state index in [9.17, 15) is 14.7 Å². The lowest BCUT2D eigenvalue weighted by Crippen LogP contribution is -2.11. The molecule has 1 aromatic carbocycles. The summed E-state index contributed by atoms with van der Waals surface area (Å²) in [6.45, 7) is 4.41. The van der Waals surface area contributed by atoms with Crippen molar-refractivity contribution in [1.29, 1.82) is 0 Å². The fourth-order valence-electron chi connectivity index (χ4n) is 3.12. The maximum absolute atomic E-state index is 12.7. The van der Waals surface area contributed by atoms with Crippen molar-refractivity contribution in [1.82, 2.24) is 4.57 Å². The third-order valence-corrected chi connectivity index (χ3v) is 4.11. The first kappa shape index (κ1) is 13.6. The van der Waals surface area contributed by atoms with Crippen LogP contribution >= 0.6 is 0 Å². The molecule has 1 aliphatic heterocycles. The molecule has 2 aromatic rings. The number of fused-ring (bicyclic) bond motifs is 1. The van der Waals surface area contributed by atoms with Gasteiger partial charge in [-0.3, -0.25) is 9.59 Å². The molecular weight excluding hydrogens is 266 g/mol. The summed E-state index contributed by atoms with van der Waals surface area (Å²) in [7, 11) is 0. The molecule has 1 aliphatic rings. The molecule has 0 fully saturated rings. The summed E-state index contributed by atoms with van der Waals surface area (Å²) < 4.78 is 1.87. The number of rotatable bonds is 3. The lowest BCUT2D eigenvalue weighted by molar-refractivity contribution is -0.138. The minimum absolute atomic E-state index is 0.0338. The van der Waals surface area contributed by atoms with Crippen molar-refractivity contribution in [3.63, 3.8) is 0 Å². The van der Waals surface area contributed by atoms with Gasteiger partial charge in [-0.25, -0.2) is 0 Å². The molecule has 0 saturated carbocycles. The van der Waals surface area contributed by atoms with E-state index >= 15 is 0 Å². The Morgan fingerprint density at radius 3 is 2.67 bits per heavy atom. The SMILES string of the molecule is Cc1cccc(C(=O)c2c(C)cc3n2CCC3C(=O)O)c1. The van der Waals surface area contributed by atoms with E-state index in [1.165, 1.54) is 0 Å². The molecule has 0 aliphatic carbocycles. The van der Waals surface area contributed by atoms with Gasteiger partial charge in [0.1, 0.15) is 0 Å². The number of benzene rings is 1. The van der Waals surface area contributed by atoms with Crippen LogP contribution < -0.4 is 0 Å². The Kier molecular flexibility index (Phi) is 3.16. The summed E-state index contributed by atoms with van der Waals surface area (Å²) in [5.41, 5.74) is 3.91. The molecule has 0 bridgehead atoms. The Labute approximate surface area is 123 Å². The van der Waals surface area contributed by atoms with Crippen LogP contribution in [0.15, 0.2) is 30.3 Å². The summed E-state index contributed by atoms with van der Waals surface area (Å²) in [6, 6.07) is 9.33. The van der Waals surface area contributed by atoms with Gasteiger partial charge in [0.2, 0.25) is 5.78 Å². The number of aliphatic carboxylic acids is 1. The summed E-state index contributed by atoms with van der Waals surface area (Å²) in [6.07, 6.45) is 0.555. The van der Waals surface area contributed by atoms with E-state index < -0.39 is 11.9 Å². The van der Waals surface area contributed by atoms with Crippen molar-refractivity contribution in [3.8, 4) is 0 Å². The number of carbonyl (C=O) groups is 2. The van der Waals surface area contributed by atoms with Crippen LogP contribution in [0.3, 0.4) is 0 Å². The van der Waals surface area contributed by atoms with Crippen LogP contribution in [0.5, 0.6) is 0 Å². The molecule has 1 atom stereocenters. The highest BCUT2D eigenvalue weighted by Crippen LogP contribution is 2.33. The van der Waals surface area contributed by atoms with Gasteiger partial charge < -0.3 is 9.67 Å². The quantitative estimate of drug-likeness (QED) is 0.881. The van der Waals surface area contributed by atoms with E-state index in [4.69, 9.17) is 0 Å². The number of carboxylic acids is 1. The first-order valence-corrected chi connectivity index (χ1v) is 7.03. The predicted octanol–water partition coefficient (Wildman–Crippen LogP) is 2.91. The molecule has 1 N–H and O–H groups in total. The van der Waals surface area contributed by atoms with Crippen molar-refractivity contribution >= 4 is 11.8 Å². The highest BCUT2D eigenvalue weighted by Gasteiger charge is 2.33. The number of carboxylic acid groups (broad SMARTS) is 1. The maximum Gasteiger partial charge on any atom is 0.312 e. The maximum atomic E-state index is 12.7. The highest BCUT2D eigenvalue weighted by molar-refractivity contribution is 6.09. The largest absolute Gasteiger partial charge is 0.481 e. The van der Waals surface area contributed by atoms with Gasteiger partial charge in [-0.1, -0.05) is 23.8 Å². The first-order valence-electron chi connectivity index (χ1n) is 7.03. The smallest absolute Gasteiger partial charge is 0.312 e. The second-order valence-corrected chi connectivity index (χ2v) is 5.63. The zero-order chi connectivity index (χ0) is 15.1. The van der Waals surface area contributed by atoms with E-state index in [0.29, 0.717) is 24.2 Å². The topological polar surface area (TPSA) is 59.3 Å². The van der Waals surface area contributed by atoms with Gasteiger partial charge in [0.15, 0.2) is 0 Å². The monoisotopic (exact) mass is 283 g/mol. The van der Waals surface area contributed by atoms with Crippen LogP contribution in [0.4, 0.5) is 0 Å². The third-order valence-electron chi connectivity index (χ3n) is 4.11. The zero-order valence-corrected chi connectivity index (χ0v) is 12.1. The Bertz CT molecular complexity index is 742. The lowest BCUT2D eigenvalue weighted by atomic mass is 10.0. The Balaban J connectivity index is 2.07. The van der Waals surface area contributed by atoms with Gasteiger partial charge in [-0.05, 0) is 38.0 Å². The average Bonchev–Trinajstić information content (AvgIpc) is 2.95. The van der Waals surface area contributed by atoms with E-state index in [0.717, 1.165) is 16.8 Å². The minimum Gasteiger partial charge on any atom is -0.481 e. The number of carbonyl (C=O) groups excluding carboxylic acids is 1. The van der Waals surface area contributed by atoms with E-state index in [1.807, 2.05) is 42.7 Å². The fourth-order valence-corrected chi connectivity index (χ4v) is 3.12. The predicted molar refractivity (Wildman–Crippen MR) is 78.8 cm³/mol. The van der Waals surface area contributed by atoms with Crippen molar-refractivity contribution in [3.05, 3.63) is 58.4 Å². The molecule has 0 amide bonds. The molecule has 108 valence electrons. The Morgan fingerprint density at radius 1 is 1.24 bits per heavy atom. The van der Waals surface area contributed by atoms with Crippen molar-refractivity contribution < 1.29 is 14.7 Å². The Hall–Kier alpha value is -2.36. The molecule has 3 rings (SSSR count). The second kappa shape index (κ2) is 4.88. The van der Waals surface area contributed by atoms with E-state index in [2.05, 4.69) is 0 Å². The fraction of sp³-hybridized carbons (Fsp3) is 0.294. The molecule has 0 saturated heterocycles. The Morgan fingerprint density at radius 2 is 2.00 bits per heavy atom. The number of nitrogens with zero attached hydrogens (tertiary/aromatic N) is 1. The van der Waals surface area contributed by atoms with Gasteiger partial charge in [0.05, 0.1) is 11.6 Å². The summed E-state index contributed by atoms with van der Waals surface area (Å²) in [5, 5.41) is 9.25. The van der Waals surface area contributed by atoms with Crippen molar-refractivity contribution in [2.45, 2.75) is 32.7 Å². The lowest BCUT2D eigenvalue weighted by Gasteiger charge is -2.07. The minimum atomic E-state index is -0.819. The normalized spacial score (nSPS) is 16.8. The summed E-state index contributed by atoms with van der Waals surface area (Å²) in [4.78, 5) is 24.0. The molecule has 0 spiro atoms. The van der Waals surface area contributed by atoms with Crippen LogP contribution in [-0.4, -0.2) is 21.4 Å². The van der Waals surface area contributed by atoms with Crippen LogP contribution in [0.2, 0.25) is 0 Å².